The van der Waals surface area contributed by atoms with E-state index in [4.69, 9.17) is 4.42 Å². The quantitative estimate of drug-likeness (QED) is 0.163. The molecule has 0 radical (unpaired) electrons. The molecule has 14 aromatic rings. The molecule has 0 fully saturated rings. The Hall–Kier alpha value is -8.20. The molecule has 0 saturated heterocycles. The van der Waals surface area contributed by atoms with Gasteiger partial charge in [-0.15, -0.1) is 0 Å². The molecule has 0 aliphatic carbocycles. The van der Waals surface area contributed by atoms with Gasteiger partial charge in [-0.05, 0) is 142 Å². The minimum atomic E-state index is 0.897. The molecule has 286 valence electrons. The van der Waals surface area contributed by atoms with Gasteiger partial charge in [-0.1, -0.05) is 152 Å². The molecule has 0 amide bonds. The van der Waals surface area contributed by atoms with Crippen LogP contribution in [-0.2, 0) is 0 Å². The minimum absolute atomic E-state index is 0.897. The molecule has 2 nitrogen and oxygen atoms in total. The van der Waals surface area contributed by atoms with E-state index < -0.39 is 0 Å². The van der Waals surface area contributed by atoms with Gasteiger partial charge in [0.25, 0.3) is 0 Å². The Morgan fingerprint density at radius 1 is 0.274 bits per heavy atom. The summed E-state index contributed by atoms with van der Waals surface area (Å²) in [6.45, 7) is 0. The van der Waals surface area contributed by atoms with Gasteiger partial charge in [0, 0.05) is 32.6 Å². The van der Waals surface area contributed by atoms with Crippen LogP contribution in [-0.4, -0.2) is 4.57 Å². The van der Waals surface area contributed by atoms with Crippen molar-refractivity contribution in [2.45, 2.75) is 0 Å². The van der Waals surface area contributed by atoms with Crippen molar-refractivity contribution in [1.82, 2.24) is 4.57 Å². The molecule has 0 spiro atoms. The van der Waals surface area contributed by atoms with Crippen LogP contribution >= 0.6 is 0 Å². The third-order valence-corrected chi connectivity index (χ3v) is 13.5. The fourth-order valence-electron chi connectivity index (χ4n) is 10.7. The lowest BCUT2D eigenvalue weighted by molar-refractivity contribution is 0.669. The second-order valence-corrected chi connectivity index (χ2v) is 16.8. The fourth-order valence-corrected chi connectivity index (χ4v) is 10.7. The fraction of sp³-hybridized carbons (Fsp3) is 0. The van der Waals surface area contributed by atoms with Gasteiger partial charge in [0.15, 0.2) is 0 Å². The number of hydrogen-bond donors (Lipinski definition) is 0. The Labute approximate surface area is 356 Å². The van der Waals surface area contributed by atoms with Gasteiger partial charge in [0.05, 0.1) is 11.0 Å². The van der Waals surface area contributed by atoms with E-state index >= 15 is 0 Å². The van der Waals surface area contributed by atoms with Gasteiger partial charge in [-0.25, -0.2) is 0 Å². The maximum atomic E-state index is 6.47. The Morgan fingerprint density at radius 3 is 1.66 bits per heavy atom. The predicted octanol–water partition coefficient (Wildman–Crippen LogP) is 16.9. The molecule has 2 heteroatoms. The van der Waals surface area contributed by atoms with Crippen molar-refractivity contribution < 1.29 is 4.42 Å². The average Bonchev–Trinajstić information content (AvgIpc) is 3.87. The van der Waals surface area contributed by atoms with Crippen molar-refractivity contribution in [3.63, 3.8) is 0 Å². The standard InChI is InChI=1S/C60H35NO/c1-2-14-42(15-3-1)61-55-28-27-50-48-26-22-39(31-51(48)46-17-8-9-18-49(46)59(50)60(55)54-33-37-12-4-5-13-38(37)35-56(54)61)40-23-29-57-52(32-40)53-34-41(24-30-58(53)62-57)44-19-10-20-45-43-16-7-6-11-36(43)21-25-47(44)45/h1-35H. The van der Waals surface area contributed by atoms with Crippen molar-refractivity contribution in [2.75, 3.05) is 0 Å². The Bertz CT molecular complexity index is 4190. The van der Waals surface area contributed by atoms with Gasteiger partial charge in [0.1, 0.15) is 11.2 Å². The largest absolute Gasteiger partial charge is 0.456 e. The van der Waals surface area contributed by atoms with Crippen LogP contribution in [0.2, 0.25) is 0 Å². The van der Waals surface area contributed by atoms with E-state index in [0.29, 0.717) is 0 Å². The number of furan rings is 1. The van der Waals surface area contributed by atoms with Crippen LogP contribution in [0.3, 0.4) is 0 Å². The van der Waals surface area contributed by atoms with Crippen LogP contribution in [0.1, 0.15) is 0 Å². The Balaban J connectivity index is 0.971. The number of nitrogens with zero attached hydrogens (tertiary/aromatic N) is 1. The van der Waals surface area contributed by atoms with E-state index in [-0.39, 0.29) is 0 Å². The van der Waals surface area contributed by atoms with E-state index in [1.807, 2.05) is 0 Å². The minimum Gasteiger partial charge on any atom is -0.456 e. The molecule has 12 aromatic carbocycles. The highest BCUT2D eigenvalue weighted by molar-refractivity contribution is 6.36. The highest BCUT2D eigenvalue weighted by Gasteiger charge is 2.20. The van der Waals surface area contributed by atoms with Crippen LogP contribution in [0.25, 0.3) is 136 Å². The van der Waals surface area contributed by atoms with Crippen molar-refractivity contribution in [2.24, 2.45) is 0 Å². The zero-order valence-electron chi connectivity index (χ0n) is 33.6. The number of fused-ring (bicyclic) bond motifs is 17. The van der Waals surface area contributed by atoms with Crippen LogP contribution in [0.15, 0.2) is 217 Å². The van der Waals surface area contributed by atoms with E-state index in [0.717, 1.165) is 27.6 Å². The second-order valence-electron chi connectivity index (χ2n) is 16.8. The lowest BCUT2D eigenvalue weighted by Crippen LogP contribution is -1.93. The highest BCUT2D eigenvalue weighted by atomic mass is 16.3. The van der Waals surface area contributed by atoms with E-state index in [9.17, 15) is 0 Å². The van der Waals surface area contributed by atoms with Gasteiger partial charge in [0.2, 0.25) is 0 Å². The molecule has 0 N–H and O–H groups in total. The maximum Gasteiger partial charge on any atom is 0.135 e. The first kappa shape index (κ1) is 33.6. The number of benzene rings is 12. The normalized spacial score (nSPS) is 12.2. The predicted molar refractivity (Wildman–Crippen MR) is 264 cm³/mol. The molecular formula is C60H35NO. The van der Waals surface area contributed by atoms with Crippen molar-refractivity contribution in [3.05, 3.63) is 212 Å². The third-order valence-electron chi connectivity index (χ3n) is 13.5. The molecule has 0 unspecified atom stereocenters. The average molecular weight is 786 g/mol. The van der Waals surface area contributed by atoms with Crippen molar-refractivity contribution >= 4 is 108 Å². The first-order valence-corrected chi connectivity index (χ1v) is 21.4. The lowest BCUT2D eigenvalue weighted by Gasteiger charge is -2.14. The van der Waals surface area contributed by atoms with Gasteiger partial charge in [-0.2, -0.15) is 0 Å². The molecule has 0 aliphatic rings. The highest BCUT2D eigenvalue weighted by Crippen LogP contribution is 2.46. The summed E-state index contributed by atoms with van der Waals surface area (Å²) in [7, 11) is 0. The Morgan fingerprint density at radius 2 is 0.839 bits per heavy atom. The summed E-state index contributed by atoms with van der Waals surface area (Å²) in [6.07, 6.45) is 0. The van der Waals surface area contributed by atoms with Crippen molar-refractivity contribution in [3.8, 4) is 27.9 Å². The smallest absolute Gasteiger partial charge is 0.135 e. The topological polar surface area (TPSA) is 18.1 Å². The van der Waals surface area contributed by atoms with Crippen LogP contribution in [0, 0.1) is 0 Å². The van der Waals surface area contributed by atoms with E-state index in [1.54, 1.807) is 0 Å². The Kier molecular flexibility index (Phi) is 6.86. The summed E-state index contributed by atoms with van der Waals surface area (Å²) < 4.78 is 8.92. The summed E-state index contributed by atoms with van der Waals surface area (Å²) in [5.41, 5.74) is 10.2. The SMILES string of the molecule is c1ccc(-n2c3cc4ccccc4cc3c3c4c5ccccc5c5cc(-c6ccc7oc8ccc(-c9cccc%10c9ccc9ccccc9%10)cc8c7c6)ccc5c4ccc32)cc1. The molecular weight excluding hydrogens is 751 g/mol. The van der Waals surface area contributed by atoms with Crippen LogP contribution in [0.5, 0.6) is 0 Å². The molecule has 0 aliphatic heterocycles. The van der Waals surface area contributed by atoms with Gasteiger partial charge >= 0.3 is 0 Å². The third kappa shape index (κ3) is 4.75. The number of hydrogen-bond acceptors (Lipinski definition) is 1. The summed E-state index contributed by atoms with van der Waals surface area (Å²) in [4.78, 5) is 0. The molecule has 62 heavy (non-hydrogen) atoms. The van der Waals surface area contributed by atoms with E-state index in [1.165, 1.54) is 109 Å². The second kappa shape index (κ2) is 12.7. The van der Waals surface area contributed by atoms with Crippen LogP contribution in [0.4, 0.5) is 0 Å². The number of para-hydroxylation sites is 1. The molecule has 2 aromatic heterocycles. The monoisotopic (exact) mass is 785 g/mol. The van der Waals surface area contributed by atoms with Crippen LogP contribution < -0.4 is 0 Å². The van der Waals surface area contributed by atoms with Gasteiger partial charge in [-0.3, -0.25) is 0 Å². The summed E-state index contributed by atoms with van der Waals surface area (Å²) in [5, 5.41) is 20.0. The molecule has 0 bridgehead atoms. The van der Waals surface area contributed by atoms with E-state index in [2.05, 4.69) is 217 Å². The summed E-state index contributed by atoms with van der Waals surface area (Å²) in [6, 6.07) is 78.1. The molecule has 0 saturated carbocycles. The molecule has 14 rings (SSSR count). The number of rotatable bonds is 3. The number of aromatic nitrogens is 1. The molecule has 0 atom stereocenters. The summed E-state index contributed by atoms with van der Waals surface area (Å²) >= 11 is 0. The maximum absolute atomic E-state index is 6.47. The molecule has 2 heterocycles. The lowest BCUT2D eigenvalue weighted by atomic mass is 9.90. The zero-order valence-corrected chi connectivity index (χ0v) is 33.6. The first-order chi connectivity index (χ1) is 30.7. The first-order valence-electron chi connectivity index (χ1n) is 21.4. The summed E-state index contributed by atoms with van der Waals surface area (Å²) in [5.74, 6) is 0. The zero-order chi connectivity index (χ0) is 40.5. The van der Waals surface area contributed by atoms with Crippen molar-refractivity contribution in [1.29, 1.82) is 0 Å². The van der Waals surface area contributed by atoms with Gasteiger partial charge < -0.3 is 8.98 Å².